The highest BCUT2D eigenvalue weighted by atomic mass is 32.1. The van der Waals surface area contributed by atoms with Crippen molar-refractivity contribution in [1.29, 1.82) is 0 Å². The first-order valence-electron chi connectivity index (χ1n) is 8.71. The van der Waals surface area contributed by atoms with Gasteiger partial charge in [-0.25, -0.2) is 18.7 Å². The lowest BCUT2D eigenvalue weighted by Gasteiger charge is -2.02. The number of nitrogens with zero attached hydrogens (tertiary/aromatic N) is 3. The monoisotopic (exact) mass is 441 g/mol. The van der Waals surface area contributed by atoms with E-state index in [0.29, 0.717) is 5.52 Å². The van der Waals surface area contributed by atoms with E-state index in [2.05, 4.69) is 30.6 Å². The number of amides is 2. The fourth-order valence-electron chi connectivity index (χ4n) is 2.56. The summed E-state index contributed by atoms with van der Waals surface area (Å²) in [5.74, 6) is -3.55. The van der Waals surface area contributed by atoms with Crippen LogP contribution < -0.4 is 16.4 Å². The van der Waals surface area contributed by atoms with Crippen molar-refractivity contribution in [3.8, 4) is 0 Å². The molecule has 2 amide bonds. The summed E-state index contributed by atoms with van der Waals surface area (Å²) in [6.45, 7) is 0. The minimum Gasteiger partial charge on any atom is -0.369 e. The summed E-state index contributed by atoms with van der Waals surface area (Å²) in [7, 11) is 0. The van der Waals surface area contributed by atoms with E-state index >= 15 is 0 Å². The minimum atomic E-state index is -1.15. The van der Waals surface area contributed by atoms with Crippen LogP contribution in [0.15, 0.2) is 52.8 Å². The lowest BCUT2D eigenvalue weighted by Crippen LogP contribution is -2.36. The van der Waals surface area contributed by atoms with Crippen LogP contribution in [-0.4, -0.2) is 32.7 Å². The van der Waals surface area contributed by atoms with E-state index in [1.807, 2.05) is 18.2 Å². The minimum absolute atomic E-state index is 0.0201. The number of thiazole rings is 1. The summed E-state index contributed by atoms with van der Waals surface area (Å²) in [6, 6.07) is 10.0. The Morgan fingerprint density at radius 2 is 1.87 bits per heavy atom. The van der Waals surface area contributed by atoms with Gasteiger partial charge in [0.2, 0.25) is 11.9 Å². The molecule has 2 aromatic carbocycles. The number of anilines is 1. The zero-order valence-electron chi connectivity index (χ0n) is 15.5. The van der Waals surface area contributed by atoms with Crippen LogP contribution >= 0.6 is 11.3 Å². The second-order valence-corrected chi connectivity index (χ2v) is 7.01. The fraction of sp³-hybridized carbons (Fsp3) is 0. The molecule has 0 radical (unpaired) electrons. The summed E-state index contributed by atoms with van der Waals surface area (Å²) in [6.07, 6.45) is 0. The third kappa shape index (κ3) is 4.53. The van der Waals surface area contributed by atoms with Crippen molar-refractivity contribution >= 4 is 51.2 Å². The molecule has 0 unspecified atom stereocenters. The molecule has 0 spiro atoms. The number of nitrogens with two attached hydrogens (primary N) is 1. The molecule has 31 heavy (non-hydrogen) atoms. The maximum atomic E-state index is 13.3. The number of carbonyl (C=O) groups excluding carboxylic acids is 2. The normalized spacial score (nSPS) is 11.5. The summed E-state index contributed by atoms with van der Waals surface area (Å²) in [4.78, 5) is 39.6. The molecule has 0 saturated heterocycles. The van der Waals surface area contributed by atoms with Crippen molar-refractivity contribution < 1.29 is 18.4 Å². The Balaban J connectivity index is 1.41. The van der Waals surface area contributed by atoms with Crippen molar-refractivity contribution in [2.24, 2.45) is 10.7 Å². The molecule has 4 aromatic rings. The lowest BCUT2D eigenvalue weighted by atomic mass is 10.2. The Kier molecular flexibility index (Phi) is 5.37. The standard InChI is InChI=1S/C19H13F2N7O2S/c20-10-6-5-9(7-11(10)21)15(29)27-19-25-14(8-31-19)16(30)26-17(22)28-18-23-12-3-1-2-4-13(12)24-18/h1-8H,(H,25,27,29)(H4,22,23,24,26,28,30). The number of para-hydroxylation sites is 2. The van der Waals surface area contributed by atoms with Crippen LogP contribution in [0.3, 0.4) is 0 Å². The van der Waals surface area contributed by atoms with E-state index in [0.717, 1.165) is 35.1 Å². The van der Waals surface area contributed by atoms with Crippen LogP contribution in [-0.2, 0) is 0 Å². The molecule has 0 aliphatic heterocycles. The quantitative estimate of drug-likeness (QED) is 0.285. The smallest absolute Gasteiger partial charge is 0.277 e. The van der Waals surface area contributed by atoms with E-state index in [-0.39, 0.29) is 28.3 Å². The van der Waals surface area contributed by atoms with Gasteiger partial charge < -0.3 is 10.7 Å². The third-order valence-electron chi connectivity index (χ3n) is 3.98. The summed E-state index contributed by atoms with van der Waals surface area (Å²) >= 11 is 0.971. The second-order valence-electron chi connectivity index (χ2n) is 6.15. The predicted octanol–water partition coefficient (Wildman–Crippen LogP) is 2.93. The number of fused-ring (bicyclic) bond motifs is 1. The number of H-pyrrole nitrogens is 1. The predicted molar refractivity (Wildman–Crippen MR) is 111 cm³/mol. The van der Waals surface area contributed by atoms with Gasteiger partial charge in [-0.3, -0.25) is 20.2 Å². The van der Waals surface area contributed by atoms with Crippen LogP contribution in [0.5, 0.6) is 0 Å². The zero-order chi connectivity index (χ0) is 22.0. The summed E-state index contributed by atoms with van der Waals surface area (Å²) < 4.78 is 26.3. The van der Waals surface area contributed by atoms with Crippen LogP contribution in [0.25, 0.3) is 11.0 Å². The lowest BCUT2D eigenvalue weighted by molar-refractivity contribution is 0.0970. The van der Waals surface area contributed by atoms with Gasteiger partial charge >= 0.3 is 0 Å². The number of nitrogens with one attached hydrogen (secondary N) is 3. The molecule has 0 aliphatic carbocycles. The first-order valence-corrected chi connectivity index (χ1v) is 9.59. The van der Waals surface area contributed by atoms with Crippen molar-refractivity contribution in [2.45, 2.75) is 0 Å². The van der Waals surface area contributed by atoms with Crippen LogP contribution in [0.2, 0.25) is 0 Å². The number of imidazole rings is 1. The number of hydrogen-bond donors (Lipinski definition) is 4. The first kappa shape index (κ1) is 20.1. The SMILES string of the molecule is NC(=Nc1nc2ccccc2[nH]1)NC(=O)c1csc(NC(=O)c2ccc(F)c(F)c2)n1. The highest BCUT2D eigenvalue weighted by molar-refractivity contribution is 7.14. The Morgan fingerprint density at radius 3 is 2.65 bits per heavy atom. The summed E-state index contributed by atoms with van der Waals surface area (Å²) in [5.41, 5.74) is 7.10. The molecule has 0 bridgehead atoms. The third-order valence-corrected chi connectivity index (χ3v) is 4.74. The Labute approximate surface area is 177 Å². The first-order chi connectivity index (χ1) is 14.9. The van der Waals surface area contributed by atoms with Gasteiger partial charge in [0, 0.05) is 10.9 Å². The number of guanidine groups is 1. The molecule has 9 nitrogen and oxygen atoms in total. The molecule has 5 N–H and O–H groups in total. The van der Waals surface area contributed by atoms with Gasteiger partial charge in [-0.1, -0.05) is 12.1 Å². The van der Waals surface area contributed by atoms with Gasteiger partial charge in [-0.15, -0.1) is 11.3 Å². The Morgan fingerprint density at radius 1 is 1.06 bits per heavy atom. The van der Waals surface area contributed by atoms with Crippen molar-refractivity contribution in [3.05, 3.63) is 70.7 Å². The molecule has 4 rings (SSSR count). The van der Waals surface area contributed by atoms with E-state index < -0.39 is 23.4 Å². The Bertz CT molecular complexity index is 1300. The van der Waals surface area contributed by atoms with Gasteiger partial charge in [0.25, 0.3) is 11.8 Å². The largest absolute Gasteiger partial charge is 0.369 e. The van der Waals surface area contributed by atoms with Gasteiger partial charge in [0.1, 0.15) is 5.69 Å². The van der Waals surface area contributed by atoms with Crippen LogP contribution in [0, 0.1) is 11.6 Å². The molecule has 156 valence electrons. The average molecular weight is 441 g/mol. The maximum absolute atomic E-state index is 13.3. The number of carbonyl (C=O) groups is 2. The Hall–Kier alpha value is -4.19. The molecule has 0 fully saturated rings. The molecular formula is C19H13F2N7O2S. The number of rotatable bonds is 4. The topological polar surface area (TPSA) is 138 Å². The van der Waals surface area contributed by atoms with Crippen molar-refractivity contribution in [3.63, 3.8) is 0 Å². The van der Waals surface area contributed by atoms with E-state index in [1.165, 1.54) is 5.38 Å². The van der Waals surface area contributed by atoms with Gasteiger partial charge in [0.15, 0.2) is 16.8 Å². The van der Waals surface area contributed by atoms with E-state index in [9.17, 15) is 18.4 Å². The highest BCUT2D eigenvalue weighted by Crippen LogP contribution is 2.18. The van der Waals surface area contributed by atoms with Gasteiger partial charge in [-0.2, -0.15) is 4.99 Å². The number of aromatic nitrogens is 3. The molecular weight excluding hydrogens is 428 g/mol. The van der Waals surface area contributed by atoms with Crippen LogP contribution in [0.1, 0.15) is 20.8 Å². The fourth-order valence-corrected chi connectivity index (χ4v) is 3.24. The molecule has 0 aliphatic rings. The number of aliphatic imine (C=N–C) groups is 1. The molecule has 2 aromatic heterocycles. The number of halogens is 2. The average Bonchev–Trinajstić information content (AvgIpc) is 3.36. The van der Waals surface area contributed by atoms with Gasteiger partial charge in [0.05, 0.1) is 11.0 Å². The molecule has 0 atom stereocenters. The van der Waals surface area contributed by atoms with Crippen LogP contribution in [0.4, 0.5) is 19.9 Å². The highest BCUT2D eigenvalue weighted by Gasteiger charge is 2.15. The summed E-state index contributed by atoms with van der Waals surface area (Å²) in [5, 5.41) is 6.27. The number of benzene rings is 2. The molecule has 2 heterocycles. The van der Waals surface area contributed by atoms with E-state index in [4.69, 9.17) is 5.73 Å². The number of hydrogen-bond acceptors (Lipinski definition) is 6. The zero-order valence-corrected chi connectivity index (χ0v) is 16.3. The van der Waals surface area contributed by atoms with Gasteiger partial charge in [-0.05, 0) is 30.3 Å². The number of aromatic amines is 1. The van der Waals surface area contributed by atoms with Crippen molar-refractivity contribution in [2.75, 3.05) is 5.32 Å². The molecule has 0 saturated carbocycles. The molecule has 12 heteroatoms. The maximum Gasteiger partial charge on any atom is 0.277 e. The van der Waals surface area contributed by atoms with Crippen molar-refractivity contribution in [1.82, 2.24) is 20.3 Å². The van der Waals surface area contributed by atoms with E-state index in [1.54, 1.807) is 6.07 Å². The second kappa shape index (κ2) is 8.28.